The van der Waals surface area contributed by atoms with Crippen molar-refractivity contribution in [2.24, 2.45) is 5.92 Å². The molecule has 1 aromatic heterocycles. The lowest BCUT2D eigenvalue weighted by atomic mass is 9.98. The van der Waals surface area contributed by atoms with Gasteiger partial charge in [-0.3, -0.25) is 0 Å². The Balaban J connectivity index is 2.25. The van der Waals surface area contributed by atoms with Crippen LogP contribution in [-0.2, 0) is 6.42 Å². The Labute approximate surface area is 113 Å². The third-order valence-electron chi connectivity index (χ3n) is 3.06. The van der Waals surface area contributed by atoms with Crippen LogP contribution >= 0.6 is 11.3 Å². The van der Waals surface area contributed by atoms with Crippen LogP contribution in [0.1, 0.15) is 41.5 Å². The predicted octanol–water partition coefficient (Wildman–Crippen LogP) is 4.34. The molecule has 1 heterocycles. The second kappa shape index (κ2) is 5.68. The van der Waals surface area contributed by atoms with Crippen molar-refractivity contribution in [1.82, 2.24) is 0 Å². The molecule has 0 amide bonds. The molecule has 0 aliphatic carbocycles. The van der Waals surface area contributed by atoms with Crippen LogP contribution in [0.25, 0.3) is 0 Å². The third kappa shape index (κ3) is 3.01. The number of thiophene rings is 1. The van der Waals surface area contributed by atoms with Gasteiger partial charge in [0.05, 0.1) is 0 Å². The number of aryl methyl sites for hydroxylation is 1. The minimum absolute atomic E-state index is 0.489. The number of rotatable bonds is 4. The number of hydrogen-bond acceptors (Lipinski definition) is 2. The highest BCUT2D eigenvalue weighted by atomic mass is 32.1. The summed E-state index contributed by atoms with van der Waals surface area (Å²) in [5, 5.41) is 12.5. The van der Waals surface area contributed by atoms with Crippen LogP contribution in [0.15, 0.2) is 35.7 Å². The summed E-state index contributed by atoms with van der Waals surface area (Å²) < 4.78 is 0. The molecule has 1 aromatic carbocycles. The van der Waals surface area contributed by atoms with Crippen LogP contribution in [0.3, 0.4) is 0 Å². The Bertz CT molecular complexity index is 513. The highest BCUT2D eigenvalue weighted by Gasteiger charge is 2.14. The first-order chi connectivity index (χ1) is 8.58. The first-order valence-electron chi connectivity index (χ1n) is 6.39. The van der Waals surface area contributed by atoms with Gasteiger partial charge in [0, 0.05) is 4.88 Å². The molecule has 96 valence electrons. The molecule has 2 rings (SSSR count). The maximum Gasteiger partial charge on any atom is 0.113 e. The second-order valence-corrected chi connectivity index (χ2v) is 6.16. The van der Waals surface area contributed by atoms with Gasteiger partial charge in [0.15, 0.2) is 0 Å². The van der Waals surface area contributed by atoms with Crippen LogP contribution in [0.2, 0.25) is 0 Å². The summed E-state index contributed by atoms with van der Waals surface area (Å²) in [5.41, 5.74) is 3.47. The second-order valence-electron chi connectivity index (χ2n) is 5.21. The van der Waals surface area contributed by atoms with E-state index in [1.54, 1.807) is 11.3 Å². The molecule has 1 atom stereocenters. The first-order valence-corrected chi connectivity index (χ1v) is 7.26. The summed E-state index contributed by atoms with van der Waals surface area (Å²) >= 11 is 1.62. The number of aliphatic hydroxyl groups excluding tert-OH is 1. The number of hydrogen-bond donors (Lipinski definition) is 1. The standard InChI is InChI=1S/C16H20OS/c1-11(2)9-13-5-4-6-14(10-13)15(17)16-12(3)7-8-18-16/h4-8,10-11,15,17H,9H2,1-3H3. The van der Waals surface area contributed by atoms with E-state index in [0.29, 0.717) is 5.92 Å². The van der Waals surface area contributed by atoms with Crippen molar-refractivity contribution in [3.05, 3.63) is 57.3 Å². The van der Waals surface area contributed by atoms with E-state index < -0.39 is 6.10 Å². The summed E-state index contributed by atoms with van der Waals surface area (Å²) in [6.07, 6.45) is 0.571. The van der Waals surface area contributed by atoms with E-state index in [9.17, 15) is 5.11 Å². The van der Waals surface area contributed by atoms with Crippen LogP contribution in [0, 0.1) is 12.8 Å². The zero-order valence-electron chi connectivity index (χ0n) is 11.2. The van der Waals surface area contributed by atoms with Crippen molar-refractivity contribution in [3.63, 3.8) is 0 Å². The molecule has 0 aliphatic heterocycles. The Morgan fingerprint density at radius 3 is 2.61 bits per heavy atom. The maximum absolute atomic E-state index is 10.4. The lowest BCUT2D eigenvalue weighted by Gasteiger charge is -2.13. The summed E-state index contributed by atoms with van der Waals surface area (Å²) in [6.45, 7) is 6.48. The van der Waals surface area contributed by atoms with Crippen LogP contribution in [0.5, 0.6) is 0 Å². The SMILES string of the molecule is Cc1ccsc1C(O)c1cccc(CC(C)C)c1. The molecule has 1 nitrogen and oxygen atoms in total. The highest BCUT2D eigenvalue weighted by Crippen LogP contribution is 2.29. The van der Waals surface area contributed by atoms with E-state index in [1.165, 1.54) is 11.1 Å². The van der Waals surface area contributed by atoms with Crippen molar-refractivity contribution in [1.29, 1.82) is 0 Å². The Kier molecular flexibility index (Phi) is 4.20. The molecular formula is C16H20OS. The lowest BCUT2D eigenvalue weighted by molar-refractivity contribution is 0.223. The molecule has 0 spiro atoms. The van der Waals surface area contributed by atoms with E-state index in [4.69, 9.17) is 0 Å². The van der Waals surface area contributed by atoms with Crippen molar-refractivity contribution in [2.75, 3.05) is 0 Å². The molecule has 0 saturated carbocycles. The topological polar surface area (TPSA) is 20.2 Å². The number of aliphatic hydroxyl groups is 1. The van der Waals surface area contributed by atoms with Gasteiger partial charge >= 0.3 is 0 Å². The quantitative estimate of drug-likeness (QED) is 0.867. The summed E-state index contributed by atoms with van der Waals surface area (Å²) in [7, 11) is 0. The van der Waals surface area contributed by atoms with Gasteiger partial charge in [0.2, 0.25) is 0 Å². The maximum atomic E-state index is 10.4. The van der Waals surface area contributed by atoms with Crippen LogP contribution < -0.4 is 0 Å². The van der Waals surface area contributed by atoms with Gasteiger partial charge in [0.25, 0.3) is 0 Å². The highest BCUT2D eigenvalue weighted by molar-refractivity contribution is 7.10. The monoisotopic (exact) mass is 260 g/mol. The third-order valence-corrected chi connectivity index (χ3v) is 4.13. The van der Waals surface area contributed by atoms with E-state index in [1.807, 2.05) is 24.4 Å². The zero-order valence-corrected chi connectivity index (χ0v) is 12.0. The van der Waals surface area contributed by atoms with Crippen molar-refractivity contribution in [2.45, 2.75) is 33.3 Å². The molecule has 2 heteroatoms. The van der Waals surface area contributed by atoms with Crippen LogP contribution in [-0.4, -0.2) is 5.11 Å². The molecule has 1 unspecified atom stereocenters. The van der Waals surface area contributed by atoms with Gasteiger partial charge in [-0.25, -0.2) is 0 Å². The fraction of sp³-hybridized carbons (Fsp3) is 0.375. The summed E-state index contributed by atoms with van der Waals surface area (Å²) in [5.74, 6) is 0.640. The molecular weight excluding hydrogens is 240 g/mol. The van der Waals surface area contributed by atoms with E-state index in [2.05, 4.69) is 32.0 Å². The van der Waals surface area contributed by atoms with Crippen LogP contribution in [0.4, 0.5) is 0 Å². The normalized spacial score (nSPS) is 12.9. The van der Waals surface area contributed by atoms with Gasteiger partial charge in [0.1, 0.15) is 6.10 Å². The van der Waals surface area contributed by atoms with Gasteiger partial charge in [-0.05, 0) is 47.4 Å². The Morgan fingerprint density at radius 2 is 2.00 bits per heavy atom. The molecule has 18 heavy (non-hydrogen) atoms. The average molecular weight is 260 g/mol. The Hall–Kier alpha value is -1.12. The molecule has 0 aliphatic rings. The van der Waals surface area contributed by atoms with Crippen molar-refractivity contribution >= 4 is 11.3 Å². The minimum Gasteiger partial charge on any atom is -0.383 e. The summed E-state index contributed by atoms with van der Waals surface area (Å²) in [6, 6.07) is 10.4. The molecule has 0 saturated heterocycles. The van der Waals surface area contributed by atoms with E-state index in [0.717, 1.165) is 16.9 Å². The van der Waals surface area contributed by atoms with Gasteiger partial charge in [-0.2, -0.15) is 0 Å². The van der Waals surface area contributed by atoms with E-state index in [-0.39, 0.29) is 0 Å². The molecule has 1 N–H and O–H groups in total. The van der Waals surface area contributed by atoms with Gasteiger partial charge in [-0.1, -0.05) is 38.1 Å². The zero-order chi connectivity index (χ0) is 13.1. The van der Waals surface area contributed by atoms with Gasteiger partial charge < -0.3 is 5.11 Å². The molecule has 0 fully saturated rings. The fourth-order valence-electron chi connectivity index (χ4n) is 2.18. The molecule has 2 aromatic rings. The first kappa shape index (κ1) is 13.3. The number of benzene rings is 1. The van der Waals surface area contributed by atoms with E-state index >= 15 is 0 Å². The fourth-order valence-corrected chi connectivity index (χ4v) is 3.12. The smallest absolute Gasteiger partial charge is 0.113 e. The average Bonchev–Trinajstić information content (AvgIpc) is 2.74. The van der Waals surface area contributed by atoms with Crippen molar-refractivity contribution in [3.8, 4) is 0 Å². The van der Waals surface area contributed by atoms with Gasteiger partial charge in [-0.15, -0.1) is 11.3 Å². The lowest BCUT2D eigenvalue weighted by Crippen LogP contribution is -2.01. The van der Waals surface area contributed by atoms with Crippen molar-refractivity contribution < 1.29 is 5.11 Å². The largest absolute Gasteiger partial charge is 0.383 e. The Morgan fingerprint density at radius 1 is 1.22 bits per heavy atom. The molecule has 0 bridgehead atoms. The summed E-state index contributed by atoms with van der Waals surface area (Å²) in [4.78, 5) is 1.05. The predicted molar refractivity (Wildman–Crippen MR) is 78.1 cm³/mol. The minimum atomic E-state index is -0.489. The molecule has 0 radical (unpaired) electrons.